The van der Waals surface area contributed by atoms with Crippen LogP contribution in [-0.4, -0.2) is 27.8 Å². The molecule has 0 radical (unpaired) electrons. The van der Waals surface area contributed by atoms with Gasteiger partial charge in [0, 0.05) is 12.0 Å². The van der Waals surface area contributed by atoms with Gasteiger partial charge in [0.2, 0.25) is 5.89 Å². The predicted molar refractivity (Wildman–Crippen MR) is 133 cm³/mol. The van der Waals surface area contributed by atoms with Gasteiger partial charge in [-0.05, 0) is 46.0 Å². The maximum atomic E-state index is 12.5. The molecular formula is C27H49N3O3. The Morgan fingerprint density at radius 3 is 2.33 bits per heavy atom. The molecule has 6 nitrogen and oxygen atoms in total. The van der Waals surface area contributed by atoms with Crippen molar-refractivity contribution in [3.63, 3.8) is 0 Å². The van der Waals surface area contributed by atoms with Crippen molar-refractivity contribution in [1.82, 2.24) is 15.5 Å². The number of nitrogens with one attached hydrogen (secondary N) is 1. The van der Waals surface area contributed by atoms with Gasteiger partial charge in [-0.3, -0.25) is 4.79 Å². The Hall–Kier alpha value is -1.43. The summed E-state index contributed by atoms with van der Waals surface area (Å²) in [4.78, 5) is 17.2. The number of rotatable bonds is 10. The maximum absolute atomic E-state index is 12.5. The fourth-order valence-corrected chi connectivity index (χ4v) is 5.07. The van der Waals surface area contributed by atoms with E-state index in [1.54, 1.807) is 0 Å². The normalized spacial score (nSPS) is 18.9. The second-order valence-corrected chi connectivity index (χ2v) is 10.7. The smallest absolute Gasteiger partial charge is 0.307 e. The fraction of sp³-hybridized carbons (Fsp3) is 0.889. The van der Waals surface area contributed by atoms with Crippen LogP contribution >= 0.6 is 0 Å². The van der Waals surface area contributed by atoms with Crippen LogP contribution in [0.3, 0.4) is 0 Å². The van der Waals surface area contributed by atoms with Crippen LogP contribution < -0.4 is 5.32 Å². The average Bonchev–Trinajstić information content (AvgIpc) is 3.28. The highest BCUT2D eigenvalue weighted by Crippen LogP contribution is 2.31. The van der Waals surface area contributed by atoms with Crippen LogP contribution in [0.25, 0.3) is 0 Å². The zero-order valence-electron chi connectivity index (χ0n) is 22.0. The van der Waals surface area contributed by atoms with E-state index in [2.05, 4.69) is 15.5 Å². The van der Waals surface area contributed by atoms with Crippen molar-refractivity contribution in [3.05, 3.63) is 11.7 Å². The SMILES string of the molecule is CC.CC(C)(C)OC(=O)CC(CCCC1CCCCC1)c1nc(CNC2CCCCC2)no1. The van der Waals surface area contributed by atoms with Gasteiger partial charge in [0.15, 0.2) is 5.82 Å². The summed E-state index contributed by atoms with van der Waals surface area (Å²) in [5.41, 5.74) is -0.479. The molecule has 190 valence electrons. The molecule has 1 unspecified atom stereocenters. The first-order chi connectivity index (χ1) is 15.9. The first-order valence-electron chi connectivity index (χ1n) is 13.7. The third-order valence-electron chi connectivity index (χ3n) is 6.71. The van der Waals surface area contributed by atoms with Crippen molar-refractivity contribution in [3.8, 4) is 0 Å². The van der Waals surface area contributed by atoms with E-state index < -0.39 is 5.60 Å². The van der Waals surface area contributed by atoms with E-state index in [1.807, 2.05) is 34.6 Å². The van der Waals surface area contributed by atoms with E-state index >= 15 is 0 Å². The lowest BCUT2D eigenvalue weighted by molar-refractivity contribution is -0.155. The number of hydrogen-bond donors (Lipinski definition) is 1. The molecule has 3 rings (SSSR count). The summed E-state index contributed by atoms with van der Waals surface area (Å²) in [6.07, 6.45) is 16.8. The van der Waals surface area contributed by atoms with Crippen molar-refractivity contribution in [2.24, 2.45) is 5.92 Å². The predicted octanol–water partition coefficient (Wildman–Crippen LogP) is 7.08. The Morgan fingerprint density at radius 1 is 1.06 bits per heavy atom. The molecule has 1 aromatic heterocycles. The van der Waals surface area contributed by atoms with Gasteiger partial charge < -0.3 is 14.6 Å². The fourth-order valence-electron chi connectivity index (χ4n) is 5.07. The van der Waals surface area contributed by atoms with E-state index in [4.69, 9.17) is 9.26 Å². The summed E-state index contributed by atoms with van der Waals surface area (Å²) in [7, 11) is 0. The Kier molecular flexibility index (Phi) is 12.4. The molecule has 0 aromatic carbocycles. The van der Waals surface area contributed by atoms with Crippen LogP contribution in [0.2, 0.25) is 0 Å². The van der Waals surface area contributed by atoms with Crippen LogP contribution in [0.15, 0.2) is 4.52 Å². The molecule has 2 fully saturated rings. The van der Waals surface area contributed by atoms with E-state index in [1.165, 1.54) is 70.6 Å². The Morgan fingerprint density at radius 2 is 1.70 bits per heavy atom. The lowest BCUT2D eigenvalue weighted by Crippen LogP contribution is -2.30. The van der Waals surface area contributed by atoms with Crippen LogP contribution in [0.5, 0.6) is 0 Å². The molecule has 1 atom stereocenters. The number of aromatic nitrogens is 2. The van der Waals surface area contributed by atoms with Crippen molar-refractivity contribution in [1.29, 1.82) is 0 Å². The quantitative estimate of drug-likeness (QED) is 0.373. The zero-order chi connectivity index (χ0) is 24.1. The summed E-state index contributed by atoms with van der Waals surface area (Å²) in [6.45, 7) is 10.4. The molecule has 2 saturated carbocycles. The molecule has 0 bridgehead atoms. The topological polar surface area (TPSA) is 77.2 Å². The van der Waals surface area contributed by atoms with E-state index in [0.29, 0.717) is 30.7 Å². The average molecular weight is 464 g/mol. The molecule has 33 heavy (non-hydrogen) atoms. The first kappa shape index (κ1) is 27.8. The van der Waals surface area contributed by atoms with Gasteiger partial charge in [0.25, 0.3) is 0 Å². The van der Waals surface area contributed by atoms with Gasteiger partial charge in [-0.15, -0.1) is 0 Å². The van der Waals surface area contributed by atoms with E-state index in [0.717, 1.165) is 18.8 Å². The summed E-state index contributed by atoms with van der Waals surface area (Å²) in [5.74, 6) is 1.88. The summed E-state index contributed by atoms with van der Waals surface area (Å²) < 4.78 is 11.2. The van der Waals surface area contributed by atoms with Gasteiger partial charge in [0.1, 0.15) is 5.60 Å². The third kappa shape index (κ3) is 11.0. The highest BCUT2D eigenvalue weighted by atomic mass is 16.6. The molecule has 1 aromatic rings. The maximum Gasteiger partial charge on any atom is 0.307 e. The van der Waals surface area contributed by atoms with Gasteiger partial charge in [-0.2, -0.15) is 4.98 Å². The highest BCUT2D eigenvalue weighted by molar-refractivity contribution is 5.70. The standard InChI is InChI=1S/C25H43N3O3.C2H6/c1-25(2,3)30-23(29)17-20(14-10-13-19-11-6-4-7-12-19)24-27-22(28-31-24)18-26-21-15-8-5-9-16-21;1-2/h19-21,26H,4-18H2,1-3H3;1-2H3. The number of carbonyl (C=O) groups excluding carboxylic acids is 1. The lowest BCUT2D eigenvalue weighted by Gasteiger charge is -2.23. The van der Waals surface area contributed by atoms with E-state index in [-0.39, 0.29) is 11.9 Å². The summed E-state index contributed by atoms with van der Waals surface area (Å²) >= 11 is 0. The number of hydrogen-bond acceptors (Lipinski definition) is 6. The minimum absolute atomic E-state index is 0.0608. The second-order valence-electron chi connectivity index (χ2n) is 10.7. The van der Waals surface area contributed by atoms with Crippen LogP contribution in [0.1, 0.15) is 142 Å². The van der Waals surface area contributed by atoms with Gasteiger partial charge >= 0.3 is 5.97 Å². The van der Waals surface area contributed by atoms with Gasteiger partial charge in [0.05, 0.1) is 13.0 Å². The third-order valence-corrected chi connectivity index (χ3v) is 6.71. The molecule has 2 aliphatic rings. The summed E-state index contributed by atoms with van der Waals surface area (Å²) in [5, 5.41) is 7.77. The molecule has 0 aliphatic heterocycles. The van der Waals surface area contributed by atoms with Gasteiger partial charge in [-0.25, -0.2) is 0 Å². The molecule has 1 N–H and O–H groups in total. The van der Waals surface area contributed by atoms with E-state index in [9.17, 15) is 4.79 Å². The molecule has 6 heteroatoms. The van der Waals surface area contributed by atoms with Crippen molar-refractivity contribution in [2.45, 2.75) is 149 Å². The van der Waals surface area contributed by atoms with Crippen LogP contribution in [-0.2, 0) is 16.1 Å². The molecule has 0 spiro atoms. The first-order valence-corrected chi connectivity index (χ1v) is 13.7. The molecule has 1 heterocycles. The molecule has 2 aliphatic carbocycles. The summed E-state index contributed by atoms with van der Waals surface area (Å²) in [6, 6.07) is 0.559. The zero-order valence-corrected chi connectivity index (χ0v) is 22.0. The molecule has 0 saturated heterocycles. The second kappa shape index (κ2) is 14.7. The van der Waals surface area contributed by atoms with Gasteiger partial charge in [-0.1, -0.05) is 83.2 Å². The minimum atomic E-state index is -0.479. The molecule has 0 amide bonds. The van der Waals surface area contributed by atoms with Crippen LogP contribution in [0.4, 0.5) is 0 Å². The monoisotopic (exact) mass is 463 g/mol. The minimum Gasteiger partial charge on any atom is -0.460 e. The number of carbonyl (C=O) groups is 1. The van der Waals surface area contributed by atoms with Crippen molar-refractivity contribution >= 4 is 5.97 Å². The Balaban J connectivity index is 0.00000187. The highest BCUT2D eigenvalue weighted by Gasteiger charge is 2.26. The Labute approximate surface area is 202 Å². The number of ether oxygens (including phenoxy) is 1. The lowest BCUT2D eigenvalue weighted by atomic mass is 9.84. The largest absolute Gasteiger partial charge is 0.460 e. The number of nitrogens with zero attached hydrogens (tertiary/aromatic N) is 2. The molecular weight excluding hydrogens is 414 g/mol. The number of esters is 1. The Bertz CT molecular complexity index is 656. The van der Waals surface area contributed by atoms with Crippen molar-refractivity contribution < 1.29 is 14.1 Å². The van der Waals surface area contributed by atoms with Crippen LogP contribution in [0, 0.1) is 5.92 Å². The van der Waals surface area contributed by atoms with Crippen molar-refractivity contribution in [2.75, 3.05) is 0 Å².